The Balaban J connectivity index is 2.60. The normalized spacial score (nSPS) is 11.1. The first-order valence-corrected chi connectivity index (χ1v) is 7.54. The van der Waals surface area contributed by atoms with Gasteiger partial charge in [0.25, 0.3) is 0 Å². The van der Waals surface area contributed by atoms with Crippen molar-refractivity contribution in [2.75, 3.05) is 5.75 Å². The van der Waals surface area contributed by atoms with E-state index in [9.17, 15) is 14.7 Å². The summed E-state index contributed by atoms with van der Waals surface area (Å²) in [5.74, 6) is -0.778. The second kappa shape index (κ2) is 6.59. The number of carboxylic acid groups (broad SMARTS) is 1. The van der Waals surface area contributed by atoms with Crippen molar-refractivity contribution in [2.45, 2.75) is 12.3 Å². The Morgan fingerprint density at radius 1 is 0.952 bits per heavy atom. The molecule has 0 spiro atoms. The molecule has 21 heavy (non-hydrogen) atoms. The molecule has 3 nitrogen and oxygen atoms in total. The van der Waals surface area contributed by atoms with Crippen LogP contribution in [0.15, 0.2) is 60.7 Å². The fourth-order valence-electron chi connectivity index (χ4n) is 2.30. The van der Waals surface area contributed by atoms with E-state index in [0.29, 0.717) is 11.1 Å². The molecule has 0 aliphatic heterocycles. The van der Waals surface area contributed by atoms with Gasteiger partial charge in [-0.15, -0.1) is 0 Å². The van der Waals surface area contributed by atoms with Gasteiger partial charge in [0.05, 0.1) is 0 Å². The molecule has 0 saturated carbocycles. The van der Waals surface area contributed by atoms with Crippen molar-refractivity contribution < 1.29 is 14.7 Å². The first kappa shape index (κ1) is 15.3. The summed E-state index contributed by atoms with van der Waals surface area (Å²) in [7, 11) is 0. The Morgan fingerprint density at radius 2 is 1.38 bits per heavy atom. The Labute approximate surface area is 128 Å². The number of hydrogen-bond acceptors (Lipinski definition) is 3. The zero-order valence-electron chi connectivity index (χ0n) is 11.7. The first-order valence-electron chi connectivity index (χ1n) is 6.55. The summed E-state index contributed by atoms with van der Waals surface area (Å²) >= 11 is 1.04. The molecule has 0 saturated heterocycles. The molecule has 0 aromatic heterocycles. The summed E-state index contributed by atoms with van der Waals surface area (Å²) in [6.07, 6.45) is 0. The maximum absolute atomic E-state index is 12.1. The Kier molecular flexibility index (Phi) is 4.81. The Hall–Kier alpha value is -2.07. The van der Waals surface area contributed by atoms with Gasteiger partial charge in [-0.25, -0.2) is 0 Å². The molecule has 0 bridgehead atoms. The van der Waals surface area contributed by atoms with Crippen molar-refractivity contribution >= 4 is 22.8 Å². The number of benzene rings is 2. The fourth-order valence-corrected chi connectivity index (χ4v) is 3.17. The summed E-state index contributed by atoms with van der Waals surface area (Å²) in [5, 5.41) is 9.83. The van der Waals surface area contributed by atoms with E-state index in [4.69, 9.17) is 0 Å². The molecule has 0 unspecified atom stereocenters. The van der Waals surface area contributed by atoms with Crippen molar-refractivity contribution in [2.24, 2.45) is 0 Å². The monoisotopic (exact) mass is 300 g/mol. The van der Waals surface area contributed by atoms with E-state index in [0.717, 1.165) is 11.8 Å². The third-order valence-electron chi connectivity index (χ3n) is 3.39. The molecule has 0 heterocycles. The van der Waals surface area contributed by atoms with E-state index >= 15 is 0 Å². The van der Waals surface area contributed by atoms with Crippen molar-refractivity contribution in [3.05, 3.63) is 71.8 Å². The van der Waals surface area contributed by atoms with Crippen LogP contribution in [0.25, 0.3) is 0 Å². The third kappa shape index (κ3) is 3.16. The molecule has 0 aliphatic rings. The number of carbonyl (C=O) groups is 2. The van der Waals surface area contributed by atoms with Gasteiger partial charge in [0.1, 0.15) is 5.41 Å². The van der Waals surface area contributed by atoms with Crippen molar-refractivity contribution in [1.82, 2.24) is 0 Å². The molecule has 2 rings (SSSR count). The van der Waals surface area contributed by atoms with E-state index in [2.05, 4.69) is 0 Å². The molecule has 0 atom stereocenters. The molecule has 0 radical (unpaired) electrons. The van der Waals surface area contributed by atoms with Crippen LogP contribution in [0, 0.1) is 0 Å². The number of thioether (sulfide) groups is 1. The minimum atomic E-state index is -1.22. The van der Waals surface area contributed by atoms with Gasteiger partial charge in [0.2, 0.25) is 0 Å². The highest BCUT2D eigenvalue weighted by molar-refractivity contribution is 8.13. The molecule has 0 fully saturated rings. The summed E-state index contributed by atoms with van der Waals surface area (Å²) in [6, 6.07) is 18.1. The van der Waals surface area contributed by atoms with Crippen LogP contribution < -0.4 is 0 Å². The number of rotatable bonds is 5. The number of aliphatic carboxylic acids is 1. The maximum atomic E-state index is 12.1. The highest BCUT2D eigenvalue weighted by Gasteiger charge is 2.42. The van der Waals surface area contributed by atoms with Gasteiger partial charge in [-0.05, 0) is 11.1 Å². The van der Waals surface area contributed by atoms with E-state index in [1.54, 1.807) is 24.3 Å². The van der Waals surface area contributed by atoms with Gasteiger partial charge in [-0.1, -0.05) is 72.4 Å². The van der Waals surface area contributed by atoms with Gasteiger partial charge in [-0.2, -0.15) is 0 Å². The van der Waals surface area contributed by atoms with Crippen molar-refractivity contribution in [3.63, 3.8) is 0 Å². The molecule has 1 N–H and O–H groups in total. The van der Waals surface area contributed by atoms with Crippen LogP contribution in [-0.4, -0.2) is 21.9 Å². The molecule has 108 valence electrons. The summed E-state index contributed by atoms with van der Waals surface area (Å²) in [4.78, 5) is 23.5. The minimum absolute atomic E-state index is 0.0903. The molecular weight excluding hydrogens is 284 g/mol. The predicted molar refractivity (Wildman–Crippen MR) is 84.4 cm³/mol. The van der Waals surface area contributed by atoms with Crippen molar-refractivity contribution in [3.8, 4) is 0 Å². The highest BCUT2D eigenvalue weighted by Crippen LogP contribution is 2.36. The molecular formula is C17H16O3S. The average Bonchev–Trinajstić information content (AvgIpc) is 2.49. The number of carboxylic acids is 1. The van der Waals surface area contributed by atoms with Gasteiger partial charge >= 0.3 is 5.97 Å². The molecule has 2 aromatic carbocycles. The van der Waals surface area contributed by atoms with Crippen LogP contribution in [0.5, 0.6) is 0 Å². The maximum Gasteiger partial charge on any atom is 0.319 e. The molecule has 2 aromatic rings. The fraction of sp³-hybridized carbons (Fsp3) is 0.176. The quantitative estimate of drug-likeness (QED) is 0.920. The van der Waals surface area contributed by atoms with Crippen LogP contribution in [0.3, 0.4) is 0 Å². The largest absolute Gasteiger partial charge is 0.480 e. The Bertz CT molecular complexity index is 583. The molecule has 4 heteroatoms. The lowest BCUT2D eigenvalue weighted by molar-refractivity contribution is -0.141. The second-order valence-electron chi connectivity index (χ2n) is 4.72. The third-order valence-corrected chi connectivity index (χ3v) is 4.37. The van der Waals surface area contributed by atoms with Gasteiger partial charge in [0, 0.05) is 12.7 Å². The van der Waals surface area contributed by atoms with Crippen LogP contribution in [0.2, 0.25) is 0 Å². The van der Waals surface area contributed by atoms with Gasteiger partial charge in [-0.3, -0.25) is 9.59 Å². The summed E-state index contributed by atoms with van der Waals surface area (Å²) in [6.45, 7) is 1.45. The lowest BCUT2D eigenvalue weighted by Crippen LogP contribution is -2.40. The summed E-state index contributed by atoms with van der Waals surface area (Å²) < 4.78 is 0. The smallest absolute Gasteiger partial charge is 0.319 e. The topological polar surface area (TPSA) is 54.4 Å². The van der Waals surface area contributed by atoms with Crippen LogP contribution in [0.4, 0.5) is 0 Å². The zero-order valence-corrected chi connectivity index (χ0v) is 12.5. The van der Waals surface area contributed by atoms with E-state index in [1.807, 2.05) is 36.4 Å². The predicted octanol–water partition coefficient (Wildman–Crippen LogP) is 3.34. The van der Waals surface area contributed by atoms with E-state index in [-0.39, 0.29) is 10.9 Å². The second-order valence-corrected chi connectivity index (χ2v) is 5.88. The van der Waals surface area contributed by atoms with Gasteiger partial charge < -0.3 is 5.11 Å². The number of hydrogen-bond donors (Lipinski definition) is 1. The van der Waals surface area contributed by atoms with E-state index in [1.165, 1.54) is 6.92 Å². The zero-order chi connectivity index (χ0) is 15.3. The lowest BCUT2D eigenvalue weighted by Gasteiger charge is -2.30. The lowest BCUT2D eigenvalue weighted by atomic mass is 9.76. The first-order chi connectivity index (χ1) is 10.1. The van der Waals surface area contributed by atoms with Crippen LogP contribution in [-0.2, 0) is 15.0 Å². The minimum Gasteiger partial charge on any atom is -0.480 e. The van der Waals surface area contributed by atoms with E-state index < -0.39 is 11.4 Å². The standard InChI is InChI=1S/C17H16O3S/c1-13(18)21-12-17(16(19)20,14-8-4-2-5-9-14)15-10-6-3-7-11-15/h2-11H,12H2,1H3,(H,19,20). The highest BCUT2D eigenvalue weighted by atomic mass is 32.2. The van der Waals surface area contributed by atoms with Crippen LogP contribution in [0.1, 0.15) is 18.1 Å². The molecule has 0 aliphatic carbocycles. The van der Waals surface area contributed by atoms with Crippen LogP contribution >= 0.6 is 11.8 Å². The SMILES string of the molecule is CC(=O)SCC(C(=O)O)(c1ccccc1)c1ccccc1. The molecule has 0 amide bonds. The van der Waals surface area contributed by atoms with Gasteiger partial charge in [0.15, 0.2) is 5.12 Å². The Morgan fingerprint density at radius 3 is 1.71 bits per heavy atom. The number of carbonyl (C=O) groups excluding carboxylic acids is 1. The van der Waals surface area contributed by atoms with Crippen molar-refractivity contribution in [1.29, 1.82) is 0 Å². The average molecular weight is 300 g/mol. The summed E-state index contributed by atoms with van der Waals surface area (Å²) in [5.41, 5.74) is 0.133.